The van der Waals surface area contributed by atoms with Gasteiger partial charge in [-0.25, -0.2) is 4.39 Å². The Hall–Kier alpha value is -2.42. The van der Waals surface area contributed by atoms with Crippen LogP contribution < -0.4 is 5.32 Å². The topological polar surface area (TPSA) is 78.3 Å². The van der Waals surface area contributed by atoms with Crippen molar-refractivity contribution in [3.63, 3.8) is 0 Å². The van der Waals surface area contributed by atoms with Crippen molar-refractivity contribution >= 4 is 5.82 Å². The monoisotopic (exact) mass is 373 g/mol. The van der Waals surface area contributed by atoms with E-state index in [2.05, 4.69) is 15.5 Å². The normalized spacial score (nSPS) is 13.5. The molecule has 1 heterocycles. The van der Waals surface area contributed by atoms with E-state index in [1.165, 1.54) is 32.9 Å². The van der Waals surface area contributed by atoms with Crippen LogP contribution in [0.1, 0.15) is 25.0 Å². The summed E-state index contributed by atoms with van der Waals surface area (Å²) in [5, 5.41) is 29.9. The van der Waals surface area contributed by atoms with E-state index in [4.69, 9.17) is 0 Å². The molecule has 0 saturated carbocycles. The molecule has 1 atom stereocenters. The van der Waals surface area contributed by atoms with Gasteiger partial charge in [-0.1, -0.05) is 0 Å². The van der Waals surface area contributed by atoms with Crippen molar-refractivity contribution in [2.45, 2.75) is 38.7 Å². The van der Waals surface area contributed by atoms with Crippen molar-refractivity contribution in [3.05, 3.63) is 35.4 Å². The zero-order valence-electron chi connectivity index (χ0n) is 14.4. The summed E-state index contributed by atoms with van der Waals surface area (Å²) < 4.78 is 52.0. The second kappa shape index (κ2) is 7.06. The molecule has 1 aromatic carbocycles. The highest BCUT2D eigenvalue weighted by molar-refractivity contribution is 5.71. The van der Waals surface area contributed by atoms with Crippen LogP contribution in [0.5, 0.6) is 5.75 Å². The van der Waals surface area contributed by atoms with E-state index in [0.29, 0.717) is 6.07 Å². The van der Waals surface area contributed by atoms with E-state index in [0.717, 1.165) is 6.07 Å². The summed E-state index contributed by atoms with van der Waals surface area (Å²) in [5.41, 5.74) is -1.96. The van der Waals surface area contributed by atoms with Gasteiger partial charge in [0.05, 0.1) is 23.4 Å². The molecule has 0 unspecified atom stereocenters. The smallest absolute Gasteiger partial charge is 0.416 e. The first-order valence-electron chi connectivity index (χ1n) is 7.75. The molecule has 9 heteroatoms. The summed E-state index contributed by atoms with van der Waals surface area (Å²) in [5.74, 6) is -0.331. The van der Waals surface area contributed by atoms with Crippen molar-refractivity contribution in [1.82, 2.24) is 10.2 Å². The van der Waals surface area contributed by atoms with Crippen LogP contribution in [0.4, 0.5) is 23.4 Å². The fraction of sp³-hybridized carbons (Fsp3) is 0.412. The first-order chi connectivity index (χ1) is 11.9. The Kier molecular flexibility index (Phi) is 5.41. The van der Waals surface area contributed by atoms with Gasteiger partial charge in [0.1, 0.15) is 17.7 Å². The lowest BCUT2D eigenvalue weighted by molar-refractivity contribution is -0.137. The van der Waals surface area contributed by atoms with E-state index in [-0.39, 0.29) is 29.2 Å². The van der Waals surface area contributed by atoms with E-state index >= 15 is 0 Å². The Morgan fingerprint density at radius 1 is 1.15 bits per heavy atom. The predicted octanol–water partition coefficient (Wildman–Crippen LogP) is 3.70. The molecular weight excluding hydrogens is 354 g/mol. The third-order valence-electron chi connectivity index (χ3n) is 3.79. The van der Waals surface area contributed by atoms with Gasteiger partial charge >= 0.3 is 6.18 Å². The summed E-state index contributed by atoms with van der Waals surface area (Å²) >= 11 is 0. The van der Waals surface area contributed by atoms with Crippen LogP contribution >= 0.6 is 0 Å². The Morgan fingerprint density at radius 2 is 1.81 bits per heavy atom. The highest BCUT2D eigenvalue weighted by Gasteiger charge is 2.32. The van der Waals surface area contributed by atoms with Crippen LogP contribution in [0, 0.1) is 6.92 Å². The van der Waals surface area contributed by atoms with Gasteiger partial charge in [-0.3, -0.25) is 0 Å². The second-order valence-corrected chi connectivity index (χ2v) is 6.49. The number of anilines is 1. The highest BCUT2D eigenvalue weighted by atomic mass is 19.4. The minimum absolute atomic E-state index is 0.136. The number of aromatic nitrogens is 2. The molecule has 0 radical (unpaired) electrons. The molecule has 2 aromatic rings. The quantitative estimate of drug-likeness (QED) is 0.697. The van der Waals surface area contributed by atoms with Gasteiger partial charge in [-0.05, 0) is 50.6 Å². The number of rotatable bonds is 5. The van der Waals surface area contributed by atoms with Gasteiger partial charge in [0, 0.05) is 5.56 Å². The van der Waals surface area contributed by atoms with E-state index < -0.39 is 29.3 Å². The molecule has 0 spiro atoms. The minimum Gasteiger partial charge on any atom is -0.507 e. The second-order valence-electron chi connectivity index (χ2n) is 6.49. The third kappa shape index (κ3) is 4.60. The van der Waals surface area contributed by atoms with Crippen LogP contribution in [-0.2, 0) is 6.18 Å². The summed E-state index contributed by atoms with van der Waals surface area (Å²) in [4.78, 5) is 0. The summed E-state index contributed by atoms with van der Waals surface area (Å²) in [7, 11) is 0. The maximum Gasteiger partial charge on any atom is 0.416 e. The van der Waals surface area contributed by atoms with Gasteiger partial charge in [-0.2, -0.15) is 13.2 Å². The number of nitrogens with one attached hydrogen (secondary N) is 1. The van der Waals surface area contributed by atoms with Crippen LogP contribution in [0.3, 0.4) is 0 Å². The van der Waals surface area contributed by atoms with E-state index in [1.807, 2.05) is 0 Å². The molecule has 0 aliphatic heterocycles. The van der Waals surface area contributed by atoms with Crippen LogP contribution in [-0.4, -0.2) is 38.7 Å². The summed E-state index contributed by atoms with van der Waals surface area (Å²) in [6, 6.07) is 4.45. The van der Waals surface area contributed by atoms with E-state index in [1.54, 1.807) is 0 Å². The van der Waals surface area contributed by atoms with Gasteiger partial charge < -0.3 is 15.5 Å². The Morgan fingerprint density at radius 3 is 2.27 bits per heavy atom. The number of hydrogen-bond donors (Lipinski definition) is 3. The zero-order chi connectivity index (χ0) is 19.7. The fourth-order valence-electron chi connectivity index (χ4n) is 2.27. The Balaban J connectivity index is 2.21. The first kappa shape index (κ1) is 19.9. The van der Waals surface area contributed by atoms with Gasteiger partial charge in [0.25, 0.3) is 0 Å². The molecule has 0 aliphatic carbocycles. The molecule has 0 saturated heterocycles. The molecular formula is C17H19F4N3O2. The summed E-state index contributed by atoms with van der Waals surface area (Å²) in [6.07, 6.45) is -6.10. The van der Waals surface area contributed by atoms with Crippen molar-refractivity contribution in [2.24, 2.45) is 0 Å². The number of aromatic hydroxyl groups is 1. The van der Waals surface area contributed by atoms with Crippen LogP contribution in [0.15, 0.2) is 24.3 Å². The summed E-state index contributed by atoms with van der Waals surface area (Å²) in [6.45, 7) is 3.91. The zero-order valence-corrected chi connectivity index (χ0v) is 14.4. The molecule has 3 N–H and O–H groups in total. The molecule has 0 amide bonds. The maximum absolute atomic E-state index is 13.7. The maximum atomic E-state index is 13.7. The lowest BCUT2D eigenvalue weighted by atomic mass is 10.0. The van der Waals surface area contributed by atoms with Crippen molar-refractivity contribution in [1.29, 1.82) is 0 Å². The lowest BCUT2D eigenvalue weighted by Gasteiger charge is -2.22. The van der Waals surface area contributed by atoms with Crippen LogP contribution in [0.2, 0.25) is 0 Å². The average Bonchev–Trinajstić information content (AvgIpc) is 2.51. The lowest BCUT2D eigenvalue weighted by Crippen LogP contribution is -2.37. The molecule has 1 aromatic heterocycles. The van der Waals surface area contributed by atoms with Crippen LogP contribution in [0.25, 0.3) is 11.3 Å². The molecule has 26 heavy (non-hydrogen) atoms. The van der Waals surface area contributed by atoms with Gasteiger partial charge in [0.2, 0.25) is 0 Å². The number of phenolic OH excluding ortho intramolecular Hbond substituents is 1. The largest absolute Gasteiger partial charge is 0.507 e. The Labute approximate surface area is 147 Å². The Bertz CT molecular complexity index is 748. The number of aliphatic hydroxyl groups is 1. The predicted molar refractivity (Wildman–Crippen MR) is 88.6 cm³/mol. The van der Waals surface area contributed by atoms with Crippen molar-refractivity contribution < 1.29 is 27.8 Å². The van der Waals surface area contributed by atoms with E-state index in [9.17, 15) is 27.8 Å². The third-order valence-corrected chi connectivity index (χ3v) is 3.79. The number of halogens is 4. The molecule has 0 bridgehead atoms. The standard InChI is InChI=1S/C17H19F4N3O2/c1-9-6-10(17(19,20)21)7-12(25)15(9)11-4-5-14(24-23-11)22-8-13(18)16(2,3)26/h4-7,13,25-26H,8H2,1-3H3,(H,22,24)/t13-/m1/s1. The number of alkyl halides is 4. The number of aryl methyl sites for hydroxylation is 1. The molecule has 0 aliphatic rings. The number of hydrogen-bond acceptors (Lipinski definition) is 5. The highest BCUT2D eigenvalue weighted by Crippen LogP contribution is 2.38. The SMILES string of the molecule is Cc1cc(C(F)(F)F)cc(O)c1-c1ccc(NC[C@@H](F)C(C)(C)O)nn1. The van der Waals surface area contributed by atoms with Crippen molar-refractivity contribution in [2.75, 3.05) is 11.9 Å². The molecule has 2 rings (SSSR count). The molecule has 142 valence electrons. The van der Waals surface area contributed by atoms with Gasteiger partial charge in [0.15, 0.2) is 0 Å². The molecule has 5 nitrogen and oxygen atoms in total. The number of phenols is 1. The minimum atomic E-state index is -4.57. The van der Waals surface area contributed by atoms with Gasteiger partial charge in [-0.15, -0.1) is 10.2 Å². The molecule has 0 fully saturated rings. The fourth-order valence-corrected chi connectivity index (χ4v) is 2.27. The number of nitrogens with zero attached hydrogens (tertiary/aromatic N) is 2. The van der Waals surface area contributed by atoms with Crippen molar-refractivity contribution in [3.8, 4) is 17.0 Å². The number of benzene rings is 1. The first-order valence-corrected chi connectivity index (χ1v) is 7.75. The average molecular weight is 373 g/mol.